The van der Waals surface area contributed by atoms with Gasteiger partial charge in [-0.25, -0.2) is 15.0 Å². The summed E-state index contributed by atoms with van der Waals surface area (Å²) in [5.74, 6) is 1.96. The first-order valence-electron chi connectivity index (χ1n) is 8.70. The maximum Gasteiger partial charge on any atom is 0.154 e. The largest absolute Gasteiger partial charge is 0.382 e. The number of imidazole rings is 1. The molecule has 0 spiro atoms. The van der Waals surface area contributed by atoms with E-state index < -0.39 is 0 Å². The zero-order valence-electron chi connectivity index (χ0n) is 14.7. The van der Waals surface area contributed by atoms with Gasteiger partial charge in [-0.15, -0.1) is 0 Å². The number of aromatic nitrogens is 4. The molecule has 4 N–H and O–H groups in total. The normalized spacial score (nSPS) is 17.0. The monoisotopic (exact) mass is 371 g/mol. The quantitative estimate of drug-likeness (QED) is 0.734. The summed E-state index contributed by atoms with van der Waals surface area (Å²) in [5, 5.41) is 0.412. The van der Waals surface area contributed by atoms with Crippen molar-refractivity contribution in [1.82, 2.24) is 19.4 Å². The van der Waals surface area contributed by atoms with Crippen molar-refractivity contribution in [2.24, 2.45) is 11.1 Å². The Kier molecular flexibility index (Phi) is 4.20. The summed E-state index contributed by atoms with van der Waals surface area (Å²) >= 11 is 6.34. The molecule has 0 aliphatic carbocycles. The Balaban J connectivity index is 1.74. The van der Waals surface area contributed by atoms with Gasteiger partial charge >= 0.3 is 0 Å². The standard InChI is InChI=1S/C18H22ClN7/c1-18(11-20)3-7-25(8-4-18)17-13-10-24-16(26(13)9-6-23-17)12-2-5-22-15(21)14(12)19/h2,5-6,9-10H,3-4,7-8,11,20H2,1H3,(H2,21,22). The molecule has 4 rings (SSSR count). The second-order valence-electron chi connectivity index (χ2n) is 7.15. The number of nitrogens with two attached hydrogens (primary N) is 2. The highest BCUT2D eigenvalue weighted by Gasteiger charge is 2.30. The third kappa shape index (κ3) is 2.77. The van der Waals surface area contributed by atoms with Crippen LogP contribution in [0, 0.1) is 5.41 Å². The summed E-state index contributed by atoms with van der Waals surface area (Å²) in [5.41, 5.74) is 13.7. The minimum Gasteiger partial charge on any atom is -0.382 e. The van der Waals surface area contributed by atoms with Crippen LogP contribution in [0.25, 0.3) is 16.9 Å². The van der Waals surface area contributed by atoms with Gasteiger partial charge in [-0.2, -0.15) is 0 Å². The summed E-state index contributed by atoms with van der Waals surface area (Å²) in [6, 6.07) is 1.82. The lowest BCUT2D eigenvalue weighted by Gasteiger charge is -2.39. The van der Waals surface area contributed by atoms with Crippen molar-refractivity contribution in [1.29, 1.82) is 0 Å². The number of anilines is 2. The smallest absolute Gasteiger partial charge is 0.154 e. The lowest BCUT2D eigenvalue weighted by Crippen LogP contribution is -2.42. The highest BCUT2D eigenvalue weighted by Crippen LogP contribution is 2.35. The third-order valence-corrected chi connectivity index (χ3v) is 5.76. The number of rotatable bonds is 3. The molecule has 7 nitrogen and oxygen atoms in total. The molecule has 1 aliphatic rings. The number of hydrogen-bond acceptors (Lipinski definition) is 6. The van der Waals surface area contributed by atoms with Gasteiger partial charge in [-0.1, -0.05) is 18.5 Å². The van der Waals surface area contributed by atoms with Crippen molar-refractivity contribution in [2.45, 2.75) is 19.8 Å². The molecule has 0 bridgehead atoms. The number of nitrogens with zero attached hydrogens (tertiary/aromatic N) is 5. The van der Waals surface area contributed by atoms with E-state index in [1.165, 1.54) is 0 Å². The number of nitrogen functional groups attached to an aromatic ring is 1. The molecule has 0 aromatic carbocycles. The number of hydrogen-bond donors (Lipinski definition) is 2. The Bertz CT molecular complexity index is 944. The fourth-order valence-electron chi connectivity index (χ4n) is 3.45. The van der Waals surface area contributed by atoms with Gasteiger partial charge in [0.2, 0.25) is 0 Å². The van der Waals surface area contributed by atoms with Crippen LogP contribution in [0.1, 0.15) is 19.8 Å². The van der Waals surface area contributed by atoms with Crippen LogP contribution in [-0.2, 0) is 0 Å². The minimum atomic E-state index is 0.217. The van der Waals surface area contributed by atoms with E-state index in [2.05, 4.69) is 26.8 Å². The van der Waals surface area contributed by atoms with Crippen LogP contribution in [0.3, 0.4) is 0 Å². The topological polar surface area (TPSA) is 98.4 Å². The average molecular weight is 372 g/mol. The lowest BCUT2D eigenvalue weighted by molar-refractivity contribution is 0.258. The SMILES string of the molecule is CC1(CN)CCN(c2nccn3c(-c4ccnc(N)c4Cl)ncc23)CC1. The molecule has 0 atom stereocenters. The molecular formula is C18H22ClN7. The molecule has 1 aliphatic heterocycles. The summed E-state index contributed by atoms with van der Waals surface area (Å²) in [6.07, 6.45) is 9.27. The molecule has 0 amide bonds. The average Bonchev–Trinajstić information content (AvgIpc) is 3.09. The van der Waals surface area contributed by atoms with Crippen molar-refractivity contribution < 1.29 is 0 Å². The van der Waals surface area contributed by atoms with Crippen molar-refractivity contribution in [3.05, 3.63) is 35.9 Å². The van der Waals surface area contributed by atoms with Gasteiger partial charge in [0.05, 0.1) is 11.2 Å². The molecular weight excluding hydrogens is 350 g/mol. The molecule has 1 fully saturated rings. The molecule has 0 radical (unpaired) electrons. The first kappa shape index (κ1) is 17.1. The first-order valence-corrected chi connectivity index (χ1v) is 9.08. The lowest BCUT2D eigenvalue weighted by atomic mass is 9.80. The van der Waals surface area contributed by atoms with Crippen LogP contribution < -0.4 is 16.4 Å². The summed E-state index contributed by atoms with van der Waals surface area (Å²) < 4.78 is 2.00. The van der Waals surface area contributed by atoms with Crippen molar-refractivity contribution in [3.63, 3.8) is 0 Å². The molecule has 1 saturated heterocycles. The van der Waals surface area contributed by atoms with E-state index in [9.17, 15) is 0 Å². The molecule has 0 unspecified atom stereocenters. The van der Waals surface area contributed by atoms with Crippen LogP contribution in [0.15, 0.2) is 30.9 Å². The zero-order valence-corrected chi connectivity index (χ0v) is 15.4. The summed E-state index contributed by atoms with van der Waals surface area (Å²) in [7, 11) is 0. The maximum atomic E-state index is 6.34. The van der Waals surface area contributed by atoms with Crippen molar-refractivity contribution in [2.75, 3.05) is 30.3 Å². The highest BCUT2D eigenvalue weighted by atomic mass is 35.5. The number of fused-ring (bicyclic) bond motifs is 1. The second kappa shape index (κ2) is 6.41. The Morgan fingerprint density at radius 3 is 2.69 bits per heavy atom. The van der Waals surface area contributed by atoms with Crippen molar-refractivity contribution >= 4 is 28.8 Å². The van der Waals surface area contributed by atoms with Crippen LogP contribution >= 0.6 is 11.6 Å². The van der Waals surface area contributed by atoms with Gasteiger partial charge in [0.15, 0.2) is 5.82 Å². The number of halogens is 1. The van der Waals surface area contributed by atoms with Gasteiger partial charge in [0, 0.05) is 37.2 Å². The van der Waals surface area contributed by atoms with E-state index in [0.29, 0.717) is 10.8 Å². The third-order valence-electron chi connectivity index (χ3n) is 5.36. The van der Waals surface area contributed by atoms with Crippen molar-refractivity contribution in [3.8, 4) is 11.4 Å². The molecule has 136 valence electrons. The van der Waals surface area contributed by atoms with E-state index in [1.807, 2.05) is 22.9 Å². The van der Waals surface area contributed by atoms with Gasteiger partial charge in [-0.3, -0.25) is 4.40 Å². The van der Waals surface area contributed by atoms with E-state index in [0.717, 1.165) is 55.2 Å². The molecule has 26 heavy (non-hydrogen) atoms. The second-order valence-corrected chi connectivity index (χ2v) is 7.53. The van der Waals surface area contributed by atoms with Gasteiger partial charge < -0.3 is 16.4 Å². The minimum absolute atomic E-state index is 0.217. The fourth-order valence-corrected chi connectivity index (χ4v) is 3.65. The predicted molar refractivity (Wildman–Crippen MR) is 104 cm³/mol. The van der Waals surface area contributed by atoms with Gasteiger partial charge in [-0.05, 0) is 30.9 Å². The summed E-state index contributed by atoms with van der Waals surface area (Å²) in [6.45, 7) is 4.84. The maximum absolute atomic E-state index is 6.34. The molecule has 0 saturated carbocycles. The molecule has 3 aromatic rings. The highest BCUT2D eigenvalue weighted by molar-refractivity contribution is 6.35. The Morgan fingerprint density at radius 2 is 1.96 bits per heavy atom. The van der Waals surface area contributed by atoms with Crippen LogP contribution in [0.4, 0.5) is 11.6 Å². The summed E-state index contributed by atoms with van der Waals surface area (Å²) in [4.78, 5) is 15.5. The Morgan fingerprint density at radius 1 is 1.19 bits per heavy atom. The fraction of sp³-hybridized carbons (Fsp3) is 0.389. The molecule has 3 aromatic heterocycles. The molecule has 8 heteroatoms. The zero-order chi connectivity index (χ0) is 18.3. The number of piperidine rings is 1. The van der Waals surface area contributed by atoms with Crippen LogP contribution in [0.2, 0.25) is 5.02 Å². The first-order chi connectivity index (χ1) is 12.5. The van der Waals surface area contributed by atoms with Crippen LogP contribution in [0.5, 0.6) is 0 Å². The van der Waals surface area contributed by atoms with Gasteiger partial charge in [0.25, 0.3) is 0 Å². The van der Waals surface area contributed by atoms with E-state index in [4.69, 9.17) is 23.1 Å². The Hall–Kier alpha value is -2.38. The van der Waals surface area contributed by atoms with E-state index >= 15 is 0 Å². The van der Waals surface area contributed by atoms with Gasteiger partial charge in [0.1, 0.15) is 17.2 Å². The Labute approximate surface area is 157 Å². The van der Waals surface area contributed by atoms with Crippen LogP contribution in [-0.4, -0.2) is 39.0 Å². The van der Waals surface area contributed by atoms with E-state index in [1.54, 1.807) is 12.4 Å². The predicted octanol–water partition coefficient (Wildman–Crippen LogP) is 2.59. The molecule has 4 heterocycles. The number of pyridine rings is 1. The van der Waals surface area contributed by atoms with E-state index in [-0.39, 0.29) is 5.41 Å².